The normalized spacial score (nSPS) is 11.1. The monoisotopic (exact) mass is 399 g/mol. The van der Waals surface area contributed by atoms with Crippen LogP contribution >= 0.6 is 0 Å². The molecule has 6 heteroatoms. The number of fused-ring (bicyclic) bond motifs is 1. The van der Waals surface area contributed by atoms with Crippen LogP contribution in [0.5, 0.6) is 11.5 Å². The number of methoxy groups -OCH3 is 1. The van der Waals surface area contributed by atoms with Crippen molar-refractivity contribution < 1.29 is 9.47 Å². The first-order chi connectivity index (χ1) is 14.7. The van der Waals surface area contributed by atoms with Gasteiger partial charge < -0.3 is 9.47 Å². The molecule has 0 unspecified atom stereocenters. The quantitative estimate of drug-likeness (QED) is 0.456. The van der Waals surface area contributed by atoms with Gasteiger partial charge in [-0.15, -0.1) is 0 Å². The fourth-order valence-corrected chi connectivity index (χ4v) is 3.06. The molecule has 150 valence electrons. The number of hydrogen-bond acceptors (Lipinski definition) is 5. The Morgan fingerprint density at radius 3 is 2.50 bits per heavy atom. The molecular formula is C24H21N3O3. The van der Waals surface area contributed by atoms with Gasteiger partial charge in [0.2, 0.25) is 0 Å². The number of rotatable bonds is 6. The lowest BCUT2D eigenvalue weighted by Gasteiger charge is -2.12. The van der Waals surface area contributed by atoms with Crippen LogP contribution in [0.4, 0.5) is 0 Å². The first-order valence-electron chi connectivity index (χ1n) is 9.53. The van der Waals surface area contributed by atoms with Crippen LogP contribution < -0.4 is 15.0 Å². The van der Waals surface area contributed by atoms with Gasteiger partial charge in [-0.2, -0.15) is 9.78 Å². The van der Waals surface area contributed by atoms with E-state index in [1.54, 1.807) is 19.4 Å². The molecule has 0 N–H and O–H groups in total. The SMILES string of the molecule is COc1ccc(/C=N\n2c(COc3ccccc3C)nc3ccccc3c2=O)cc1. The van der Waals surface area contributed by atoms with Gasteiger partial charge in [0.05, 0.1) is 24.2 Å². The lowest BCUT2D eigenvalue weighted by atomic mass is 10.2. The van der Waals surface area contributed by atoms with Crippen molar-refractivity contribution in [2.45, 2.75) is 13.5 Å². The Balaban J connectivity index is 1.72. The van der Waals surface area contributed by atoms with Gasteiger partial charge in [0.25, 0.3) is 5.56 Å². The van der Waals surface area contributed by atoms with Crippen molar-refractivity contribution in [3.8, 4) is 11.5 Å². The summed E-state index contributed by atoms with van der Waals surface area (Å²) in [6, 6.07) is 22.3. The Hall–Kier alpha value is -3.93. The van der Waals surface area contributed by atoms with E-state index in [9.17, 15) is 4.79 Å². The number of hydrogen-bond donors (Lipinski definition) is 0. The van der Waals surface area contributed by atoms with Gasteiger partial charge in [0.1, 0.15) is 18.1 Å². The van der Waals surface area contributed by atoms with Crippen LogP contribution in [0.15, 0.2) is 82.7 Å². The van der Waals surface area contributed by atoms with Gasteiger partial charge in [-0.3, -0.25) is 4.79 Å². The van der Waals surface area contributed by atoms with Crippen molar-refractivity contribution in [3.63, 3.8) is 0 Å². The zero-order valence-electron chi connectivity index (χ0n) is 16.8. The predicted octanol–water partition coefficient (Wildman–Crippen LogP) is 4.17. The summed E-state index contributed by atoms with van der Waals surface area (Å²) < 4.78 is 12.4. The van der Waals surface area contributed by atoms with E-state index in [0.29, 0.717) is 16.7 Å². The van der Waals surface area contributed by atoms with Gasteiger partial charge in [-0.05, 0) is 60.5 Å². The van der Waals surface area contributed by atoms with E-state index in [1.165, 1.54) is 4.68 Å². The summed E-state index contributed by atoms with van der Waals surface area (Å²) in [5.74, 6) is 1.92. The first kappa shape index (κ1) is 19.4. The minimum absolute atomic E-state index is 0.116. The standard InChI is InChI=1S/C24H21N3O3/c1-17-7-3-6-10-22(17)30-16-23-26-21-9-5-4-8-20(21)24(28)27(23)25-15-18-11-13-19(29-2)14-12-18/h3-15H,16H2,1-2H3/b25-15-. The number of benzene rings is 3. The average molecular weight is 399 g/mol. The molecule has 0 aliphatic rings. The molecule has 0 saturated carbocycles. The molecule has 1 aromatic heterocycles. The van der Waals surface area contributed by atoms with Crippen LogP contribution in [-0.4, -0.2) is 23.0 Å². The molecule has 6 nitrogen and oxygen atoms in total. The molecule has 4 rings (SSSR count). The zero-order valence-corrected chi connectivity index (χ0v) is 16.8. The topological polar surface area (TPSA) is 65.7 Å². The Morgan fingerprint density at radius 2 is 1.73 bits per heavy atom. The van der Waals surface area contributed by atoms with Gasteiger partial charge in [0, 0.05) is 0 Å². The summed E-state index contributed by atoms with van der Waals surface area (Å²) >= 11 is 0. The molecule has 0 aliphatic carbocycles. The zero-order chi connectivity index (χ0) is 20.9. The highest BCUT2D eigenvalue weighted by Gasteiger charge is 2.11. The van der Waals surface area contributed by atoms with Crippen molar-refractivity contribution in [1.82, 2.24) is 9.66 Å². The van der Waals surface area contributed by atoms with Crippen molar-refractivity contribution in [2.24, 2.45) is 5.10 Å². The molecule has 0 amide bonds. The minimum Gasteiger partial charge on any atom is -0.497 e. The highest BCUT2D eigenvalue weighted by molar-refractivity contribution is 5.80. The van der Waals surface area contributed by atoms with E-state index in [0.717, 1.165) is 22.6 Å². The minimum atomic E-state index is -0.242. The van der Waals surface area contributed by atoms with Gasteiger partial charge >= 0.3 is 0 Å². The Morgan fingerprint density at radius 1 is 1.00 bits per heavy atom. The van der Waals surface area contributed by atoms with Gasteiger partial charge in [-0.25, -0.2) is 4.98 Å². The van der Waals surface area contributed by atoms with Gasteiger partial charge in [0.15, 0.2) is 5.82 Å². The lowest BCUT2D eigenvalue weighted by Crippen LogP contribution is -2.23. The molecule has 0 atom stereocenters. The summed E-state index contributed by atoms with van der Waals surface area (Å²) in [6.07, 6.45) is 1.62. The largest absolute Gasteiger partial charge is 0.497 e. The van der Waals surface area contributed by atoms with Crippen LogP contribution in [0.1, 0.15) is 17.0 Å². The number of nitrogens with zero attached hydrogens (tertiary/aromatic N) is 3. The molecule has 0 fully saturated rings. The van der Waals surface area contributed by atoms with Gasteiger partial charge in [-0.1, -0.05) is 30.3 Å². The predicted molar refractivity (Wildman–Crippen MR) is 118 cm³/mol. The van der Waals surface area contributed by atoms with Crippen LogP contribution in [0.3, 0.4) is 0 Å². The molecule has 0 aliphatic heterocycles. The molecule has 1 heterocycles. The first-order valence-corrected chi connectivity index (χ1v) is 9.53. The number of aromatic nitrogens is 2. The number of ether oxygens (including phenoxy) is 2. The molecule has 0 saturated heterocycles. The van der Waals surface area contributed by atoms with Crippen LogP contribution in [0.25, 0.3) is 10.9 Å². The van der Waals surface area contributed by atoms with E-state index >= 15 is 0 Å². The maximum Gasteiger partial charge on any atom is 0.282 e. The molecule has 3 aromatic carbocycles. The highest BCUT2D eigenvalue weighted by Crippen LogP contribution is 2.18. The second-order valence-corrected chi connectivity index (χ2v) is 6.73. The Kier molecular flexibility index (Phi) is 5.57. The molecular weight excluding hydrogens is 378 g/mol. The fraction of sp³-hybridized carbons (Fsp3) is 0.125. The van der Waals surface area contributed by atoms with Crippen molar-refractivity contribution >= 4 is 17.1 Å². The maximum atomic E-state index is 13.1. The highest BCUT2D eigenvalue weighted by atomic mass is 16.5. The second-order valence-electron chi connectivity index (χ2n) is 6.73. The van der Waals surface area contributed by atoms with Crippen molar-refractivity contribution in [2.75, 3.05) is 7.11 Å². The van der Waals surface area contributed by atoms with E-state index in [2.05, 4.69) is 10.1 Å². The Labute approximate surface area is 174 Å². The van der Waals surface area contributed by atoms with Crippen molar-refractivity contribution in [3.05, 3.63) is 100 Å². The molecule has 4 aromatic rings. The number of para-hydroxylation sites is 2. The number of aryl methyl sites for hydroxylation is 1. The van der Waals surface area contributed by atoms with Crippen LogP contribution in [0, 0.1) is 6.92 Å². The Bertz CT molecular complexity index is 1260. The summed E-state index contributed by atoms with van der Waals surface area (Å²) in [6.45, 7) is 2.09. The van der Waals surface area contributed by atoms with E-state index in [-0.39, 0.29) is 12.2 Å². The van der Waals surface area contributed by atoms with E-state index in [4.69, 9.17) is 9.47 Å². The van der Waals surface area contributed by atoms with Crippen molar-refractivity contribution in [1.29, 1.82) is 0 Å². The summed E-state index contributed by atoms with van der Waals surface area (Å²) in [4.78, 5) is 17.7. The fourth-order valence-electron chi connectivity index (χ4n) is 3.06. The summed E-state index contributed by atoms with van der Waals surface area (Å²) in [7, 11) is 1.62. The third kappa shape index (κ3) is 4.07. The van der Waals surface area contributed by atoms with Crippen LogP contribution in [-0.2, 0) is 6.61 Å². The maximum absolute atomic E-state index is 13.1. The molecule has 30 heavy (non-hydrogen) atoms. The average Bonchev–Trinajstić information content (AvgIpc) is 2.78. The third-order valence-corrected chi connectivity index (χ3v) is 4.71. The lowest BCUT2D eigenvalue weighted by molar-refractivity contribution is 0.287. The van der Waals surface area contributed by atoms with E-state index in [1.807, 2.05) is 73.7 Å². The third-order valence-electron chi connectivity index (χ3n) is 4.71. The molecule has 0 spiro atoms. The molecule has 0 bridgehead atoms. The summed E-state index contributed by atoms with van der Waals surface area (Å²) in [5, 5.41) is 4.92. The summed E-state index contributed by atoms with van der Waals surface area (Å²) in [5.41, 5.74) is 2.21. The van der Waals surface area contributed by atoms with E-state index < -0.39 is 0 Å². The second kappa shape index (κ2) is 8.61. The van der Waals surface area contributed by atoms with Crippen LogP contribution in [0.2, 0.25) is 0 Å². The smallest absolute Gasteiger partial charge is 0.282 e. The molecule has 0 radical (unpaired) electrons.